The summed E-state index contributed by atoms with van der Waals surface area (Å²) in [4.78, 5) is 54.5. The molecule has 0 saturated heterocycles. The van der Waals surface area contributed by atoms with Crippen molar-refractivity contribution >= 4 is 28.9 Å². The van der Waals surface area contributed by atoms with Gasteiger partial charge in [0.1, 0.15) is 28.6 Å². The molecule has 0 bridgehead atoms. The monoisotopic (exact) mass is 564 g/mol. The van der Waals surface area contributed by atoms with Gasteiger partial charge in [0.2, 0.25) is 5.78 Å². The first-order chi connectivity index (χ1) is 19.0. The molecule has 6 atom stereocenters. The Morgan fingerprint density at radius 2 is 1.73 bits per heavy atom. The first-order valence-electron chi connectivity index (χ1n) is 14.2. The lowest BCUT2D eigenvalue weighted by molar-refractivity contribution is -0.199. The first kappa shape index (κ1) is 30.4. The fraction of sp³-hybridized carbons (Fsp3) is 0.515. The zero-order valence-corrected chi connectivity index (χ0v) is 24.8. The summed E-state index contributed by atoms with van der Waals surface area (Å²) >= 11 is 0. The quantitative estimate of drug-likeness (QED) is 0.265. The van der Waals surface area contributed by atoms with Crippen LogP contribution in [0.1, 0.15) is 83.9 Å². The third kappa shape index (κ3) is 3.62. The fourth-order valence-electron chi connectivity index (χ4n) is 8.29. The van der Waals surface area contributed by atoms with E-state index in [9.17, 15) is 39.6 Å². The maximum absolute atomic E-state index is 14.7. The second kappa shape index (κ2) is 9.79. The molecule has 0 aromatic heterocycles. The van der Waals surface area contributed by atoms with Gasteiger partial charge in [-0.25, -0.2) is 0 Å². The predicted molar refractivity (Wildman–Crippen MR) is 153 cm³/mol. The summed E-state index contributed by atoms with van der Waals surface area (Å²) in [6.07, 6.45) is 1.87. The van der Waals surface area contributed by atoms with E-state index < -0.39 is 74.5 Å². The number of fused-ring (bicyclic) bond motifs is 3. The van der Waals surface area contributed by atoms with Gasteiger partial charge < -0.3 is 20.4 Å². The number of benzene rings is 1. The summed E-state index contributed by atoms with van der Waals surface area (Å²) in [5.74, 6) is -7.70. The van der Waals surface area contributed by atoms with Crippen molar-refractivity contribution < 1.29 is 39.6 Å². The molecular weight excluding hydrogens is 524 g/mol. The van der Waals surface area contributed by atoms with Crippen LogP contribution in [0.5, 0.6) is 5.75 Å². The molecule has 4 N–H and O–H groups in total. The summed E-state index contributed by atoms with van der Waals surface area (Å²) in [5.41, 5.74) is -5.70. The van der Waals surface area contributed by atoms with Crippen LogP contribution in [-0.4, -0.2) is 49.2 Å². The number of phenolic OH excluding ortho intramolecular Hbond substituents is 1. The van der Waals surface area contributed by atoms with E-state index in [2.05, 4.69) is 6.58 Å². The number of rotatable bonds is 7. The van der Waals surface area contributed by atoms with Crippen molar-refractivity contribution in [2.75, 3.05) is 0 Å². The number of phenols is 1. The minimum atomic E-state index is -2.80. The Bertz CT molecular complexity index is 1460. The molecule has 220 valence electrons. The highest BCUT2D eigenvalue weighted by Gasteiger charge is 2.76. The van der Waals surface area contributed by atoms with Gasteiger partial charge >= 0.3 is 0 Å². The lowest BCUT2D eigenvalue weighted by atomic mass is 9.37. The second-order valence-corrected chi connectivity index (χ2v) is 12.6. The summed E-state index contributed by atoms with van der Waals surface area (Å²) in [6.45, 7) is 15.1. The van der Waals surface area contributed by atoms with Gasteiger partial charge in [-0.2, -0.15) is 0 Å². The highest BCUT2D eigenvalue weighted by Crippen LogP contribution is 2.71. The van der Waals surface area contributed by atoms with Gasteiger partial charge in [0.15, 0.2) is 17.2 Å². The highest BCUT2D eigenvalue weighted by atomic mass is 16.3. The van der Waals surface area contributed by atoms with Crippen LogP contribution in [0.15, 0.2) is 41.7 Å². The van der Waals surface area contributed by atoms with Gasteiger partial charge in [-0.1, -0.05) is 59.8 Å². The normalized spacial score (nSPS) is 33.0. The second-order valence-electron chi connectivity index (χ2n) is 12.6. The largest absolute Gasteiger partial charge is 0.508 e. The molecule has 0 amide bonds. The van der Waals surface area contributed by atoms with Crippen molar-refractivity contribution in [3.8, 4) is 5.75 Å². The zero-order valence-electron chi connectivity index (χ0n) is 24.8. The van der Waals surface area contributed by atoms with E-state index in [1.54, 1.807) is 52.8 Å². The number of allylic oxidation sites excluding steroid dienone is 2. The molecule has 0 radical (unpaired) electrons. The van der Waals surface area contributed by atoms with Crippen molar-refractivity contribution in [2.45, 2.75) is 79.2 Å². The van der Waals surface area contributed by atoms with E-state index >= 15 is 0 Å². The molecule has 1 aromatic carbocycles. The Labute approximate surface area is 240 Å². The van der Waals surface area contributed by atoms with Gasteiger partial charge in [-0.05, 0) is 42.2 Å². The van der Waals surface area contributed by atoms with E-state index in [4.69, 9.17) is 0 Å². The molecule has 0 spiro atoms. The predicted octanol–water partition coefficient (Wildman–Crippen LogP) is 5.07. The molecule has 1 fully saturated rings. The van der Waals surface area contributed by atoms with E-state index in [0.717, 1.165) is 6.92 Å². The topological polar surface area (TPSA) is 149 Å². The lowest BCUT2D eigenvalue weighted by Gasteiger charge is -2.65. The molecule has 8 heteroatoms. The van der Waals surface area contributed by atoms with Crippen molar-refractivity contribution in [1.29, 1.82) is 0 Å². The molecule has 41 heavy (non-hydrogen) atoms. The summed E-state index contributed by atoms with van der Waals surface area (Å²) in [6, 6.07) is 3.48. The molecular formula is C33H40O8. The number of Topliss-reactive ketones (excluding diaryl/α,β-unsaturated/α-hetero) is 4. The summed E-state index contributed by atoms with van der Waals surface area (Å²) in [5, 5.41) is 47.1. The number of aliphatic hydroxyl groups excluding tert-OH is 2. The number of carbonyl (C=O) groups excluding carboxylic acids is 4. The van der Waals surface area contributed by atoms with Crippen LogP contribution in [0.4, 0.5) is 0 Å². The highest BCUT2D eigenvalue weighted by molar-refractivity contribution is 6.24. The Kier molecular flexibility index (Phi) is 7.27. The summed E-state index contributed by atoms with van der Waals surface area (Å²) in [7, 11) is 0. The van der Waals surface area contributed by atoms with E-state index in [-0.39, 0.29) is 35.5 Å². The van der Waals surface area contributed by atoms with Gasteiger partial charge in [-0.15, -0.1) is 6.58 Å². The van der Waals surface area contributed by atoms with Crippen LogP contribution in [0.2, 0.25) is 0 Å². The Morgan fingerprint density at radius 1 is 1.12 bits per heavy atom. The molecule has 3 aliphatic carbocycles. The number of aromatic hydroxyl groups is 1. The van der Waals surface area contributed by atoms with Gasteiger partial charge in [0.05, 0.1) is 5.56 Å². The Hall–Kier alpha value is -3.52. The summed E-state index contributed by atoms with van der Waals surface area (Å²) < 4.78 is 0. The minimum absolute atomic E-state index is 0.0352. The minimum Gasteiger partial charge on any atom is -0.508 e. The van der Waals surface area contributed by atoms with Crippen LogP contribution in [0.25, 0.3) is 5.76 Å². The maximum atomic E-state index is 14.7. The van der Waals surface area contributed by atoms with E-state index in [0.29, 0.717) is 17.5 Å². The molecule has 0 aliphatic heterocycles. The molecule has 8 nitrogen and oxygen atoms in total. The van der Waals surface area contributed by atoms with Crippen molar-refractivity contribution in [3.63, 3.8) is 0 Å². The Balaban J connectivity index is 2.22. The SMILES string of the molecule is C=CCc1ccc2c(c1O)C(O)=C1C(=O)[C@@]3(O)C(O)=C(C(C)=O)C(=O)C(C(C)C)[C@@]3(C)[C@H](CC(=O)CC)[C@@]1(C)[C@@H]2C. The van der Waals surface area contributed by atoms with Crippen LogP contribution in [0, 0.1) is 28.6 Å². The standard InChI is InChI=1S/C33H40O8/c1-9-11-18-12-13-20-16(5)31(7)21(14-19(35)10-2)32(8)24(15(3)4)27(37)22(17(6)34)29(39)33(32,41)30(40)25(31)28(38)23(20)26(18)36/h9,12-13,15-16,21,24,36,38-39,41H,1,10-11,14H2,2-8H3/t16-,21-,24?,31-,32-,33+/m1/s1. The maximum Gasteiger partial charge on any atom is 0.203 e. The molecule has 1 saturated carbocycles. The first-order valence-corrected chi connectivity index (χ1v) is 14.2. The van der Waals surface area contributed by atoms with Crippen LogP contribution in [-0.2, 0) is 25.6 Å². The van der Waals surface area contributed by atoms with Gasteiger partial charge in [0, 0.05) is 35.2 Å². The number of aliphatic hydroxyl groups is 3. The Morgan fingerprint density at radius 3 is 2.24 bits per heavy atom. The molecule has 3 aliphatic rings. The molecule has 0 heterocycles. The average Bonchev–Trinajstić information content (AvgIpc) is 2.88. The number of hydrogen-bond acceptors (Lipinski definition) is 8. The fourth-order valence-corrected chi connectivity index (χ4v) is 8.29. The van der Waals surface area contributed by atoms with Crippen molar-refractivity contribution in [3.05, 3.63) is 58.4 Å². The number of hydrogen-bond donors (Lipinski definition) is 4. The van der Waals surface area contributed by atoms with Crippen molar-refractivity contribution in [1.82, 2.24) is 0 Å². The molecule has 1 aromatic rings. The molecule has 4 rings (SSSR count). The third-order valence-electron chi connectivity index (χ3n) is 10.4. The average molecular weight is 565 g/mol. The lowest BCUT2D eigenvalue weighted by Crippen LogP contribution is -2.73. The van der Waals surface area contributed by atoms with Crippen LogP contribution in [0.3, 0.4) is 0 Å². The van der Waals surface area contributed by atoms with Gasteiger partial charge in [0.25, 0.3) is 0 Å². The molecule has 1 unspecified atom stereocenters. The third-order valence-corrected chi connectivity index (χ3v) is 10.4. The van der Waals surface area contributed by atoms with Crippen LogP contribution >= 0.6 is 0 Å². The smallest absolute Gasteiger partial charge is 0.203 e. The van der Waals surface area contributed by atoms with Crippen LogP contribution < -0.4 is 0 Å². The number of carbonyl (C=O) groups is 4. The van der Waals surface area contributed by atoms with E-state index in [1.807, 2.05) is 6.92 Å². The van der Waals surface area contributed by atoms with Crippen molar-refractivity contribution in [2.24, 2.45) is 28.6 Å². The zero-order chi connectivity index (χ0) is 31.0. The van der Waals surface area contributed by atoms with Gasteiger partial charge in [-0.3, -0.25) is 19.2 Å². The van der Waals surface area contributed by atoms with E-state index in [1.165, 1.54) is 0 Å². The number of ketones is 4.